The second kappa shape index (κ2) is 14.7. The van der Waals surface area contributed by atoms with Crippen LogP contribution >= 0.6 is 18.5 Å². The minimum Gasteiger partial charge on any atom is -0.436 e. The lowest BCUT2D eigenvalue weighted by molar-refractivity contribution is -0.178. The number of carbonyl (C=O) groups is 2. The molecule has 0 bridgehead atoms. The number of nitriles is 2. The molecule has 30 heavy (non-hydrogen) atoms. The molecule has 8 nitrogen and oxygen atoms in total. The van der Waals surface area contributed by atoms with Crippen molar-refractivity contribution in [3.63, 3.8) is 0 Å². The highest BCUT2D eigenvalue weighted by molar-refractivity contribution is 7.19. The van der Waals surface area contributed by atoms with Crippen molar-refractivity contribution in [2.45, 2.75) is 89.1 Å². The first-order chi connectivity index (χ1) is 13.9. The Hall–Kier alpha value is -1.30. The van der Waals surface area contributed by atoms with Gasteiger partial charge in [-0.3, -0.25) is 9.59 Å². The van der Waals surface area contributed by atoms with Gasteiger partial charge in [0.05, 0.1) is 35.7 Å². The van der Waals surface area contributed by atoms with E-state index in [4.69, 9.17) is 29.5 Å². The molecule has 0 heterocycles. The highest BCUT2D eigenvalue weighted by atomic mass is 31.0. The van der Waals surface area contributed by atoms with Crippen LogP contribution < -0.4 is 0 Å². The summed E-state index contributed by atoms with van der Waals surface area (Å²) < 4.78 is 21.2. The summed E-state index contributed by atoms with van der Waals surface area (Å²) in [6.07, 6.45) is 1.16. The maximum atomic E-state index is 11.7. The van der Waals surface area contributed by atoms with Gasteiger partial charge in [-0.1, -0.05) is 0 Å². The van der Waals surface area contributed by atoms with Gasteiger partial charge < -0.3 is 18.9 Å². The van der Waals surface area contributed by atoms with Crippen molar-refractivity contribution in [2.24, 2.45) is 0 Å². The zero-order valence-corrected chi connectivity index (χ0v) is 20.6. The van der Waals surface area contributed by atoms with Crippen molar-refractivity contribution in [3.8, 4) is 12.1 Å². The molecule has 0 aromatic rings. The van der Waals surface area contributed by atoms with Crippen LogP contribution in [-0.2, 0) is 28.5 Å². The van der Waals surface area contributed by atoms with Crippen LogP contribution in [0.25, 0.3) is 0 Å². The molecule has 0 aliphatic carbocycles. The van der Waals surface area contributed by atoms with Crippen LogP contribution in [0.1, 0.15) is 66.2 Å². The molecule has 170 valence electrons. The molecular formula is C20H34N2O6P2. The van der Waals surface area contributed by atoms with Crippen LogP contribution in [0.2, 0.25) is 0 Å². The Balaban J connectivity index is 3.79. The monoisotopic (exact) mass is 460 g/mol. The molecule has 0 aromatic heterocycles. The first-order valence-electron chi connectivity index (χ1n) is 9.93. The Morgan fingerprint density at radius 2 is 1.17 bits per heavy atom. The number of rotatable bonds is 15. The summed E-state index contributed by atoms with van der Waals surface area (Å²) in [5.74, 6) is -0.802. The molecule has 0 aromatic carbocycles. The first-order valence-corrected chi connectivity index (χ1v) is 11.1. The minimum absolute atomic E-state index is 0.151. The third-order valence-electron chi connectivity index (χ3n) is 4.05. The molecule has 0 saturated heterocycles. The van der Waals surface area contributed by atoms with Gasteiger partial charge in [0.25, 0.3) is 0 Å². The Morgan fingerprint density at radius 1 is 0.833 bits per heavy atom. The summed E-state index contributed by atoms with van der Waals surface area (Å²) in [4.78, 5) is 23.5. The molecule has 0 fully saturated rings. The summed E-state index contributed by atoms with van der Waals surface area (Å²) in [5.41, 5.74) is 0. The van der Waals surface area contributed by atoms with Crippen LogP contribution in [0.3, 0.4) is 0 Å². The van der Waals surface area contributed by atoms with E-state index in [9.17, 15) is 9.59 Å². The van der Waals surface area contributed by atoms with Gasteiger partial charge in [0.1, 0.15) is 0 Å². The number of ether oxygens (including phenoxy) is 4. The Bertz CT molecular complexity index is 574. The number of unbranched alkanes of at least 4 members (excludes halogenated alkanes) is 1. The highest BCUT2D eigenvalue weighted by Gasteiger charge is 2.21. The van der Waals surface area contributed by atoms with Gasteiger partial charge in [-0.15, -0.1) is 18.5 Å². The molecule has 0 N–H and O–H groups in total. The largest absolute Gasteiger partial charge is 0.436 e. The standard InChI is InChI=1S/C20H34N2O6P2/c1-15(27-17(23)7-9-19(3,29)13-21)25-11-5-6-12-26-16(2)28-18(24)8-10-20(4,30)14-22/h15-16H,5-12,29-30H2,1-4H3. The summed E-state index contributed by atoms with van der Waals surface area (Å²) >= 11 is 0. The average Bonchev–Trinajstić information content (AvgIpc) is 2.67. The van der Waals surface area contributed by atoms with Crippen LogP contribution in [0.15, 0.2) is 0 Å². The summed E-state index contributed by atoms with van der Waals surface area (Å²) in [7, 11) is 4.85. The van der Waals surface area contributed by atoms with Gasteiger partial charge in [-0.05, 0) is 53.4 Å². The maximum absolute atomic E-state index is 11.7. The highest BCUT2D eigenvalue weighted by Crippen LogP contribution is 2.23. The van der Waals surface area contributed by atoms with Crippen molar-refractivity contribution in [2.75, 3.05) is 13.2 Å². The van der Waals surface area contributed by atoms with E-state index in [0.717, 1.165) is 0 Å². The van der Waals surface area contributed by atoms with E-state index in [1.807, 2.05) is 0 Å². The number of hydrogen-bond donors (Lipinski definition) is 0. The quantitative estimate of drug-likeness (QED) is 0.158. The molecule has 10 heteroatoms. The van der Waals surface area contributed by atoms with Crippen molar-refractivity contribution in [3.05, 3.63) is 0 Å². The van der Waals surface area contributed by atoms with E-state index in [1.54, 1.807) is 27.7 Å². The molecule has 0 rings (SSSR count). The van der Waals surface area contributed by atoms with Crippen LogP contribution in [-0.4, -0.2) is 48.0 Å². The van der Waals surface area contributed by atoms with Crippen LogP contribution in [0.4, 0.5) is 0 Å². The van der Waals surface area contributed by atoms with Gasteiger partial charge in [-0.2, -0.15) is 10.5 Å². The van der Waals surface area contributed by atoms with Gasteiger partial charge >= 0.3 is 11.9 Å². The van der Waals surface area contributed by atoms with E-state index in [1.165, 1.54) is 0 Å². The lowest BCUT2D eigenvalue weighted by Crippen LogP contribution is -2.22. The molecular weight excluding hydrogens is 426 g/mol. The van der Waals surface area contributed by atoms with Gasteiger partial charge in [0, 0.05) is 12.8 Å². The fourth-order valence-corrected chi connectivity index (χ4v) is 2.38. The van der Waals surface area contributed by atoms with Gasteiger partial charge in [0.2, 0.25) is 0 Å². The predicted molar refractivity (Wildman–Crippen MR) is 118 cm³/mol. The molecule has 0 spiro atoms. The van der Waals surface area contributed by atoms with E-state index in [0.29, 0.717) is 38.9 Å². The summed E-state index contributed by atoms with van der Waals surface area (Å²) in [6.45, 7) is 7.56. The molecule has 0 aliphatic heterocycles. The molecule has 6 unspecified atom stereocenters. The topological polar surface area (TPSA) is 119 Å². The number of esters is 2. The number of carbonyl (C=O) groups excluding carboxylic acids is 2. The lowest BCUT2D eigenvalue weighted by Gasteiger charge is -2.17. The second-order valence-electron chi connectivity index (χ2n) is 7.62. The summed E-state index contributed by atoms with van der Waals surface area (Å²) in [6, 6.07) is 4.22. The molecule has 0 saturated carbocycles. The fourth-order valence-electron chi connectivity index (χ4n) is 2.09. The zero-order valence-electron chi connectivity index (χ0n) is 18.3. The molecule has 6 atom stereocenters. The SMILES string of the molecule is CC(OCCCCOC(C)OC(=O)CCC(C)(P)C#N)OC(=O)CCC(C)(P)C#N. The maximum Gasteiger partial charge on any atom is 0.308 e. The van der Waals surface area contributed by atoms with Crippen LogP contribution in [0.5, 0.6) is 0 Å². The third-order valence-corrected chi connectivity index (χ3v) is 4.88. The number of nitrogens with zero attached hydrogens (tertiary/aromatic N) is 2. The molecule has 0 radical (unpaired) electrons. The number of hydrogen-bond acceptors (Lipinski definition) is 8. The average molecular weight is 460 g/mol. The van der Waals surface area contributed by atoms with Crippen molar-refractivity contribution in [1.29, 1.82) is 10.5 Å². The first kappa shape index (κ1) is 28.7. The lowest BCUT2D eigenvalue weighted by atomic mass is 10.1. The molecule has 0 aliphatic rings. The normalized spacial score (nSPS) is 16.8. The van der Waals surface area contributed by atoms with Crippen molar-refractivity contribution in [1.82, 2.24) is 0 Å². The smallest absolute Gasteiger partial charge is 0.308 e. The Labute approximate surface area is 184 Å². The van der Waals surface area contributed by atoms with Gasteiger partial charge in [-0.25, -0.2) is 0 Å². The van der Waals surface area contributed by atoms with Crippen molar-refractivity contribution < 1.29 is 28.5 Å². The summed E-state index contributed by atoms with van der Waals surface area (Å²) in [5, 5.41) is 16.6. The van der Waals surface area contributed by atoms with E-state index < -0.39 is 34.8 Å². The van der Waals surface area contributed by atoms with E-state index >= 15 is 0 Å². The van der Waals surface area contributed by atoms with Crippen LogP contribution in [0, 0.1) is 22.7 Å². The minimum atomic E-state index is -0.660. The Morgan fingerprint density at radius 3 is 1.47 bits per heavy atom. The fraction of sp³-hybridized carbons (Fsp3) is 0.800. The van der Waals surface area contributed by atoms with E-state index in [-0.39, 0.29) is 12.8 Å². The zero-order chi connectivity index (χ0) is 23.2. The predicted octanol–water partition coefficient (Wildman–Crippen LogP) is 3.45. The Kier molecular flexibility index (Phi) is 14.0. The van der Waals surface area contributed by atoms with Crippen molar-refractivity contribution >= 4 is 30.4 Å². The second-order valence-corrected chi connectivity index (χ2v) is 10.2. The third kappa shape index (κ3) is 15.5. The van der Waals surface area contributed by atoms with E-state index in [2.05, 4.69) is 30.6 Å². The molecule has 0 amide bonds. The van der Waals surface area contributed by atoms with Gasteiger partial charge in [0.15, 0.2) is 12.6 Å².